The number of aliphatic hydroxyl groups excluding tert-OH is 1. The Morgan fingerprint density at radius 2 is 1.85 bits per heavy atom. The summed E-state index contributed by atoms with van der Waals surface area (Å²) in [4.78, 5) is 0. The van der Waals surface area contributed by atoms with Crippen molar-refractivity contribution in [1.29, 1.82) is 0 Å². The molecule has 0 spiro atoms. The van der Waals surface area contributed by atoms with E-state index < -0.39 is 17.7 Å². The molecule has 1 rings (SSSR count). The first-order valence-corrected chi connectivity index (χ1v) is 4.99. The molecular weight excluding hydrogens is 203 g/mol. The van der Waals surface area contributed by atoms with Gasteiger partial charge in [-0.15, -0.1) is 0 Å². The smallest absolute Gasteiger partial charge is 0.391 e. The molecule has 2 atom stereocenters. The Morgan fingerprint density at radius 1 is 1.23 bits per heavy atom. The Kier molecular flexibility index (Phi) is 3.87. The SMILES string of the molecule is OC1CCCCC1NSC(F)(F)F. The van der Waals surface area contributed by atoms with Gasteiger partial charge in [-0.2, -0.15) is 13.2 Å². The van der Waals surface area contributed by atoms with E-state index in [0.29, 0.717) is 12.8 Å². The average molecular weight is 215 g/mol. The van der Waals surface area contributed by atoms with E-state index in [0.717, 1.165) is 12.8 Å². The second kappa shape index (κ2) is 4.52. The van der Waals surface area contributed by atoms with Crippen LogP contribution < -0.4 is 4.72 Å². The summed E-state index contributed by atoms with van der Waals surface area (Å²) in [6.45, 7) is 0. The van der Waals surface area contributed by atoms with E-state index in [1.54, 1.807) is 0 Å². The first kappa shape index (κ1) is 11.1. The maximum absolute atomic E-state index is 11.8. The lowest BCUT2D eigenvalue weighted by Gasteiger charge is -2.27. The van der Waals surface area contributed by atoms with Crippen LogP contribution in [0.5, 0.6) is 0 Å². The molecule has 13 heavy (non-hydrogen) atoms. The summed E-state index contributed by atoms with van der Waals surface area (Å²) < 4.78 is 37.5. The van der Waals surface area contributed by atoms with Crippen molar-refractivity contribution in [3.05, 3.63) is 0 Å². The maximum Gasteiger partial charge on any atom is 0.456 e. The lowest BCUT2D eigenvalue weighted by molar-refractivity contribution is -0.0343. The number of hydrogen-bond acceptors (Lipinski definition) is 3. The normalized spacial score (nSPS) is 30.5. The summed E-state index contributed by atoms with van der Waals surface area (Å²) in [5.74, 6) is 0. The predicted octanol–water partition coefficient (Wildman–Crippen LogP) is 2.05. The number of aliphatic hydroxyl groups is 1. The van der Waals surface area contributed by atoms with Gasteiger partial charge in [0.15, 0.2) is 0 Å². The molecule has 0 aromatic carbocycles. The number of nitrogens with one attached hydrogen (secondary N) is 1. The van der Waals surface area contributed by atoms with Crippen LogP contribution >= 0.6 is 11.9 Å². The fourth-order valence-electron chi connectivity index (χ4n) is 1.39. The highest BCUT2D eigenvalue weighted by molar-refractivity contribution is 7.98. The molecule has 2 N–H and O–H groups in total. The maximum atomic E-state index is 11.8. The van der Waals surface area contributed by atoms with E-state index in [1.165, 1.54) is 0 Å². The molecule has 2 nitrogen and oxygen atoms in total. The van der Waals surface area contributed by atoms with Crippen LogP contribution in [0.25, 0.3) is 0 Å². The van der Waals surface area contributed by atoms with Gasteiger partial charge in [-0.1, -0.05) is 12.8 Å². The zero-order valence-electron chi connectivity index (χ0n) is 6.97. The molecule has 78 valence electrons. The van der Waals surface area contributed by atoms with Gasteiger partial charge in [-0.3, -0.25) is 4.72 Å². The van der Waals surface area contributed by atoms with Crippen molar-refractivity contribution >= 4 is 11.9 Å². The summed E-state index contributed by atoms with van der Waals surface area (Å²) in [7, 11) is 0. The highest BCUT2D eigenvalue weighted by Gasteiger charge is 2.32. The monoisotopic (exact) mass is 215 g/mol. The zero-order chi connectivity index (χ0) is 9.90. The van der Waals surface area contributed by atoms with Crippen molar-refractivity contribution in [3.63, 3.8) is 0 Å². The van der Waals surface area contributed by atoms with Crippen LogP contribution in [-0.2, 0) is 0 Å². The van der Waals surface area contributed by atoms with Crippen LogP contribution in [0, 0.1) is 0 Å². The fourth-order valence-corrected chi connectivity index (χ4v) is 1.95. The first-order valence-electron chi connectivity index (χ1n) is 4.17. The Hall–Kier alpha value is 0.0600. The predicted molar refractivity (Wildman–Crippen MR) is 45.0 cm³/mol. The van der Waals surface area contributed by atoms with Gasteiger partial charge in [0, 0.05) is 18.0 Å². The zero-order valence-corrected chi connectivity index (χ0v) is 7.79. The van der Waals surface area contributed by atoms with E-state index in [1.807, 2.05) is 0 Å². The molecule has 0 aromatic heterocycles. The molecule has 1 fully saturated rings. The van der Waals surface area contributed by atoms with Crippen molar-refractivity contribution in [2.24, 2.45) is 0 Å². The van der Waals surface area contributed by atoms with E-state index in [-0.39, 0.29) is 11.9 Å². The first-order chi connectivity index (χ1) is 5.99. The number of halogens is 3. The topological polar surface area (TPSA) is 32.3 Å². The van der Waals surface area contributed by atoms with E-state index in [2.05, 4.69) is 4.72 Å². The second-order valence-corrected chi connectivity index (χ2v) is 4.03. The Labute approximate surface area is 79.0 Å². The van der Waals surface area contributed by atoms with Crippen LogP contribution in [0.2, 0.25) is 0 Å². The fraction of sp³-hybridized carbons (Fsp3) is 1.00. The van der Waals surface area contributed by atoms with Crippen molar-refractivity contribution in [1.82, 2.24) is 4.72 Å². The van der Waals surface area contributed by atoms with Crippen molar-refractivity contribution in [3.8, 4) is 0 Å². The van der Waals surface area contributed by atoms with Crippen molar-refractivity contribution in [2.75, 3.05) is 0 Å². The molecule has 0 bridgehead atoms. The Morgan fingerprint density at radius 3 is 2.38 bits per heavy atom. The van der Waals surface area contributed by atoms with Gasteiger partial charge in [0.2, 0.25) is 0 Å². The van der Waals surface area contributed by atoms with Crippen molar-refractivity contribution < 1.29 is 18.3 Å². The number of alkyl halides is 3. The molecule has 1 saturated carbocycles. The van der Waals surface area contributed by atoms with E-state index >= 15 is 0 Å². The average Bonchev–Trinajstić information content (AvgIpc) is 2.01. The molecule has 0 radical (unpaired) electrons. The molecule has 0 aromatic rings. The van der Waals surface area contributed by atoms with Gasteiger partial charge in [0.1, 0.15) is 0 Å². The molecule has 0 heterocycles. The van der Waals surface area contributed by atoms with Gasteiger partial charge in [-0.25, -0.2) is 0 Å². The van der Waals surface area contributed by atoms with Crippen molar-refractivity contribution in [2.45, 2.75) is 43.3 Å². The van der Waals surface area contributed by atoms with E-state index in [9.17, 15) is 18.3 Å². The van der Waals surface area contributed by atoms with Gasteiger partial charge in [0.25, 0.3) is 0 Å². The van der Waals surface area contributed by atoms with Crippen LogP contribution in [0.1, 0.15) is 25.7 Å². The van der Waals surface area contributed by atoms with Gasteiger partial charge < -0.3 is 5.11 Å². The highest BCUT2D eigenvalue weighted by Crippen LogP contribution is 2.30. The summed E-state index contributed by atoms with van der Waals surface area (Å²) in [5.41, 5.74) is -4.27. The Bertz CT molecular complexity index is 164. The molecular formula is C7H12F3NOS. The molecule has 1 aliphatic rings. The largest absolute Gasteiger partial charge is 0.456 e. The number of rotatable bonds is 2. The molecule has 2 unspecified atom stereocenters. The molecule has 0 amide bonds. The Balaban J connectivity index is 2.27. The minimum absolute atomic E-state index is 0.266. The minimum Gasteiger partial charge on any atom is -0.391 e. The third kappa shape index (κ3) is 4.19. The lowest BCUT2D eigenvalue weighted by atomic mass is 9.93. The summed E-state index contributed by atoms with van der Waals surface area (Å²) in [5, 5.41) is 9.32. The van der Waals surface area contributed by atoms with Crippen LogP contribution in [0.4, 0.5) is 13.2 Å². The lowest BCUT2D eigenvalue weighted by Crippen LogP contribution is -2.39. The van der Waals surface area contributed by atoms with Gasteiger partial charge >= 0.3 is 5.51 Å². The standard InChI is InChI=1S/C7H12F3NOS/c8-7(9,10)13-11-5-3-1-2-4-6(5)12/h5-6,11-12H,1-4H2. The summed E-state index contributed by atoms with van der Waals surface area (Å²) in [6, 6.07) is -0.416. The summed E-state index contributed by atoms with van der Waals surface area (Å²) in [6.07, 6.45) is 2.35. The molecule has 6 heteroatoms. The van der Waals surface area contributed by atoms with E-state index in [4.69, 9.17) is 0 Å². The van der Waals surface area contributed by atoms with Gasteiger partial charge in [-0.05, 0) is 12.8 Å². The van der Waals surface area contributed by atoms with Crippen LogP contribution in [0.15, 0.2) is 0 Å². The third-order valence-corrected chi connectivity index (χ3v) is 2.71. The third-order valence-electron chi connectivity index (χ3n) is 2.06. The van der Waals surface area contributed by atoms with Gasteiger partial charge in [0.05, 0.1) is 6.10 Å². The number of hydrogen-bond donors (Lipinski definition) is 2. The quantitative estimate of drug-likeness (QED) is 0.691. The minimum atomic E-state index is -4.27. The highest BCUT2D eigenvalue weighted by atomic mass is 32.2. The van der Waals surface area contributed by atoms with Crippen LogP contribution in [-0.4, -0.2) is 22.8 Å². The van der Waals surface area contributed by atoms with Crippen LogP contribution in [0.3, 0.4) is 0 Å². The second-order valence-electron chi connectivity index (χ2n) is 3.12. The molecule has 0 saturated heterocycles. The molecule has 0 aliphatic heterocycles. The summed E-state index contributed by atoms with van der Waals surface area (Å²) >= 11 is -0.266. The molecule has 1 aliphatic carbocycles.